The Morgan fingerprint density at radius 1 is 1.08 bits per heavy atom. The van der Waals surface area contributed by atoms with Gasteiger partial charge in [-0.05, 0) is 55.9 Å². The van der Waals surface area contributed by atoms with E-state index < -0.39 is 24.9 Å². The van der Waals surface area contributed by atoms with Gasteiger partial charge in [-0.1, -0.05) is 24.3 Å². The van der Waals surface area contributed by atoms with E-state index in [2.05, 4.69) is 10.6 Å². The van der Waals surface area contributed by atoms with Gasteiger partial charge in [-0.25, -0.2) is 4.39 Å². The second kappa shape index (κ2) is 10.8. The molecule has 3 heterocycles. The Kier molecular flexibility index (Phi) is 7.45. The van der Waals surface area contributed by atoms with Crippen LogP contribution in [0.3, 0.4) is 0 Å². The summed E-state index contributed by atoms with van der Waals surface area (Å²) in [6.07, 6.45) is -4.90. The molecule has 1 amide bonds. The molecule has 200 valence electrons. The molecule has 0 spiro atoms. The van der Waals surface area contributed by atoms with Gasteiger partial charge >= 0.3 is 6.18 Å². The number of nitrogens with one attached hydrogen (secondary N) is 2. The van der Waals surface area contributed by atoms with Crippen LogP contribution in [-0.4, -0.2) is 53.9 Å². The molecular formula is C28H28F4N4OS. The van der Waals surface area contributed by atoms with Crippen molar-refractivity contribution in [1.29, 1.82) is 0 Å². The number of rotatable bonds is 7. The highest BCUT2D eigenvalue weighted by Gasteiger charge is 2.31. The number of nitrogens with zero attached hydrogens (tertiary/aromatic N) is 2. The molecule has 2 atom stereocenters. The van der Waals surface area contributed by atoms with Crippen molar-refractivity contribution in [2.45, 2.75) is 37.9 Å². The van der Waals surface area contributed by atoms with Gasteiger partial charge in [0.2, 0.25) is 0 Å². The molecule has 0 aliphatic carbocycles. The van der Waals surface area contributed by atoms with Gasteiger partial charge in [0.1, 0.15) is 12.7 Å². The van der Waals surface area contributed by atoms with Crippen LogP contribution >= 0.6 is 11.3 Å². The van der Waals surface area contributed by atoms with E-state index in [0.29, 0.717) is 45.7 Å². The Bertz CT molecular complexity index is 1420. The lowest BCUT2D eigenvalue weighted by Crippen LogP contribution is -2.46. The predicted octanol–water partition coefficient (Wildman–Crippen LogP) is 6.32. The number of hydrogen-bond acceptors (Lipinski definition) is 4. The Balaban J connectivity index is 1.44. The largest absolute Gasteiger partial charge is 0.406 e. The smallest absolute Gasteiger partial charge is 0.379 e. The number of piperidine rings is 1. The van der Waals surface area contributed by atoms with E-state index in [1.54, 1.807) is 54.6 Å². The van der Waals surface area contributed by atoms with Gasteiger partial charge < -0.3 is 20.1 Å². The van der Waals surface area contributed by atoms with Crippen LogP contribution in [0.2, 0.25) is 0 Å². The molecule has 1 saturated heterocycles. The molecule has 2 N–H and O–H groups in total. The fourth-order valence-corrected chi connectivity index (χ4v) is 5.83. The fraction of sp³-hybridized carbons (Fsp3) is 0.321. The number of carbonyl (C=O) groups excluding carboxylic acids is 1. The molecule has 4 aromatic rings. The Morgan fingerprint density at radius 3 is 2.61 bits per heavy atom. The zero-order valence-electron chi connectivity index (χ0n) is 20.8. The SMILES string of the molecule is CN1CC[C@H](Nc2cccc3c2cc(-c2ccc(CNC(=O)c4ccccc4)s2)n3CC(F)(F)F)[C@H](F)C1. The van der Waals surface area contributed by atoms with Crippen LogP contribution in [-0.2, 0) is 13.1 Å². The molecule has 0 unspecified atom stereocenters. The summed E-state index contributed by atoms with van der Waals surface area (Å²) in [7, 11) is 1.87. The molecule has 0 saturated carbocycles. The quantitative estimate of drug-likeness (QED) is 0.268. The van der Waals surface area contributed by atoms with Crippen molar-refractivity contribution in [2.24, 2.45) is 0 Å². The Hall–Kier alpha value is -3.37. The number of hydrogen-bond donors (Lipinski definition) is 2. The highest BCUT2D eigenvalue weighted by molar-refractivity contribution is 7.15. The lowest BCUT2D eigenvalue weighted by atomic mass is 10.0. The Morgan fingerprint density at radius 2 is 1.87 bits per heavy atom. The van der Waals surface area contributed by atoms with E-state index >= 15 is 0 Å². The van der Waals surface area contributed by atoms with Crippen molar-refractivity contribution in [3.63, 3.8) is 0 Å². The van der Waals surface area contributed by atoms with Crippen LogP contribution in [0.4, 0.5) is 23.2 Å². The zero-order valence-corrected chi connectivity index (χ0v) is 21.6. The molecule has 5 rings (SSSR count). The third kappa shape index (κ3) is 5.86. The van der Waals surface area contributed by atoms with Gasteiger partial charge in [0, 0.05) is 34.6 Å². The number of likely N-dealkylation sites (tertiary alicyclic amines) is 1. The molecule has 10 heteroatoms. The minimum atomic E-state index is -4.42. The summed E-state index contributed by atoms with van der Waals surface area (Å²) >= 11 is 1.33. The second-order valence-electron chi connectivity index (χ2n) is 9.60. The second-order valence-corrected chi connectivity index (χ2v) is 10.8. The van der Waals surface area contributed by atoms with E-state index in [9.17, 15) is 22.4 Å². The minimum absolute atomic E-state index is 0.220. The van der Waals surface area contributed by atoms with Crippen LogP contribution < -0.4 is 10.6 Å². The molecular weight excluding hydrogens is 516 g/mol. The molecule has 2 aromatic carbocycles. The van der Waals surface area contributed by atoms with Crippen molar-refractivity contribution in [1.82, 2.24) is 14.8 Å². The fourth-order valence-electron chi connectivity index (χ4n) is 4.85. The maximum Gasteiger partial charge on any atom is 0.406 e. The van der Waals surface area contributed by atoms with E-state index in [1.807, 2.05) is 24.1 Å². The standard InChI is InChI=1S/C28H28F4N4OS/c1-35-13-12-23(21(29)16-35)34-22-8-5-9-24-20(22)14-25(36(24)17-28(30,31)32)26-11-10-19(38-26)15-33-27(37)18-6-3-2-4-7-18/h2-11,14,21,23,34H,12-13,15-17H2,1H3,(H,33,37)/t21-,23+/m1/s1. The molecule has 1 aliphatic rings. The summed E-state index contributed by atoms with van der Waals surface area (Å²) in [5.41, 5.74) is 2.01. The molecule has 1 fully saturated rings. The van der Waals surface area contributed by atoms with Crippen LogP contribution in [0.25, 0.3) is 21.5 Å². The number of fused-ring (bicyclic) bond motifs is 1. The van der Waals surface area contributed by atoms with E-state index in [1.165, 1.54) is 15.9 Å². The molecule has 5 nitrogen and oxygen atoms in total. The summed E-state index contributed by atoms with van der Waals surface area (Å²) in [6.45, 7) is 0.172. The monoisotopic (exact) mass is 544 g/mol. The third-order valence-corrected chi connectivity index (χ3v) is 7.85. The minimum Gasteiger partial charge on any atom is -0.379 e. The molecule has 2 aromatic heterocycles. The number of amides is 1. The molecule has 38 heavy (non-hydrogen) atoms. The average Bonchev–Trinajstić information content (AvgIpc) is 3.49. The van der Waals surface area contributed by atoms with Gasteiger partial charge in [-0.15, -0.1) is 11.3 Å². The van der Waals surface area contributed by atoms with Crippen molar-refractivity contribution in [3.8, 4) is 10.6 Å². The first-order chi connectivity index (χ1) is 18.2. The number of aromatic nitrogens is 1. The van der Waals surface area contributed by atoms with Gasteiger partial charge in [-0.2, -0.15) is 13.2 Å². The maximum atomic E-state index is 14.7. The van der Waals surface area contributed by atoms with Crippen LogP contribution in [0.5, 0.6) is 0 Å². The van der Waals surface area contributed by atoms with Crippen molar-refractivity contribution in [3.05, 3.63) is 77.2 Å². The van der Waals surface area contributed by atoms with Crippen LogP contribution in [0, 0.1) is 0 Å². The van der Waals surface area contributed by atoms with Gasteiger partial charge in [0.15, 0.2) is 0 Å². The number of carbonyl (C=O) groups is 1. The topological polar surface area (TPSA) is 49.3 Å². The first-order valence-corrected chi connectivity index (χ1v) is 13.2. The normalized spacial score (nSPS) is 18.6. The van der Waals surface area contributed by atoms with Crippen molar-refractivity contribution < 1.29 is 22.4 Å². The summed E-state index contributed by atoms with van der Waals surface area (Å²) in [5.74, 6) is -0.220. The predicted molar refractivity (Wildman–Crippen MR) is 143 cm³/mol. The summed E-state index contributed by atoms with van der Waals surface area (Å²) in [6, 6.07) is 18.9. The molecule has 0 radical (unpaired) electrons. The van der Waals surface area contributed by atoms with Gasteiger partial charge in [-0.3, -0.25) is 4.79 Å². The average molecular weight is 545 g/mol. The van der Waals surface area contributed by atoms with E-state index in [-0.39, 0.29) is 12.5 Å². The zero-order chi connectivity index (χ0) is 26.9. The third-order valence-electron chi connectivity index (χ3n) is 6.74. The number of anilines is 1. The highest BCUT2D eigenvalue weighted by Crippen LogP contribution is 2.38. The summed E-state index contributed by atoms with van der Waals surface area (Å²) < 4.78 is 56.9. The number of alkyl halides is 4. The Labute approximate surface area is 222 Å². The number of benzene rings is 2. The van der Waals surface area contributed by atoms with Crippen molar-refractivity contribution >= 4 is 33.8 Å². The first-order valence-electron chi connectivity index (χ1n) is 12.4. The number of halogens is 4. The van der Waals surface area contributed by atoms with Crippen LogP contribution in [0.15, 0.2) is 66.7 Å². The van der Waals surface area contributed by atoms with E-state index in [0.717, 1.165) is 11.4 Å². The lowest BCUT2D eigenvalue weighted by molar-refractivity contribution is -0.139. The van der Waals surface area contributed by atoms with Crippen LogP contribution in [0.1, 0.15) is 21.7 Å². The molecule has 0 bridgehead atoms. The number of thiophene rings is 1. The maximum absolute atomic E-state index is 14.7. The van der Waals surface area contributed by atoms with Crippen molar-refractivity contribution in [2.75, 3.05) is 25.5 Å². The van der Waals surface area contributed by atoms with E-state index in [4.69, 9.17) is 0 Å². The van der Waals surface area contributed by atoms with Gasteiger partial charge in [0.05, 0.1) is 28.7 Å². The lowest BCUT2D eigenvalue weighted by Gasteiger charge is -2.33. The molecule has 1 aliphatic heterocycles. The van der Waals surface area contributed by atoms with Gasteiger partial charge in [0.25, 0.3) is 5.91 Å². The highest BCUT2D eigenvalue weighted by atomic mass is 32.1. The first kappa shape index (κ1) is 26.2. The summed E-state index contributed by atoms with van der Waals surface area (Å²) in [4.78, 5) is 15.8. The summed E-state index contributed by atoms with van der Waals surface area (Å²) in [5, 5.41) is 6.74.